The molecule has 0 saturated carbocycles. The molecule has 0 radical (unpaired) electrons. The van der Waals surface area contributed by atoms with Crippen LogP contribution in [0.4, 0.5) is 10.7 Å². The number of hydrogen-bond acceptors (Lipinski definition) is 6. The number of esters is 1. The Hall–Kier alpha value is -1.27. The standard InChI is InChI=1S/C9H14N2O3S/c1-13-4-3-11-6-5-7(9(12)14-2)15-8(6)10/h5,11H,3-4,10H2,1-2H3. The number of nitrogen functional groups attached to an aromatic ring is 1. The number of nitrogens with one attached hydrogen (secondary N) is 1. The molecule has 84 valence electrons. The number of hydrogen-bond donors (Lipinski definition) is 2. The summed E-state index contributed by atoms with van der Waals surface area (Å²) >= 11 is 1.21. The van der Waals surface area contributed by atoms with E-state index < -0.39 is 0 Å². The van der Waals surface area contributed by atoms with Gasteiger partial charge in [-0.05, 0) is 6.07 Å². The zero-order valence-electron chi connectivity index (χ0n) is 8.70. The average molecular weight is 230 g/mol. The lowest BCUT2D eigenvalue weighted by Crippen LogP contribution is -2.07. The van der Waals surface area contributed by atoms with Crippen molar-refractivity contribution in [2.24, 2.45) is 0 Å². The molecule has 0 bridgehead atoms. The average Bonchev–Trinajstić information content (AvgIpc) is 2.60. The molecule has 0 aliphatic heterocycles. The monoisotopic (exact) mass is 230 g/mol. The van der Waals surface area contributed by atoms with Crippen molar-refractivity contribution in [3.05, 3.63) is 10.9 Å². The van der Waals surface area contributed by atoms with E-state index in [2.05, 4.69) is 10.1 Å². The molecule has 0 spiro atoms. The van der Waals surface area contributed by atoms with Crippen LogP contribution in [-0.4, -0.2) is 33.3 Å². The number of anilines is 2. The fraction of sp³-hybridized carbons (Fsp3) is 0.444. The Morgan fingerprint density at radius 2 is 2.33 bits per heavy atom. The van der Waals surface area contributed by atoms with E-state index in [1.807, 2.05) is 0 Å². The molecule has 5 nitrogen and oxygen atoms in total. The number of carbonyl (C=O) groups excluding carboxylic acids is 1. The van der Waals surface area contributed by atoms with Crippen molar-refractivity contribution in [2.75, 3.05) is 38.4 Å². The molecule has 0 aliphatic rings. The Bertz CT molecular complexity index is 338. The molecule has 0 aromatic carbocycles. The van der Waals surface area contributed by atoms with Crippen molar-refractivity contribution in [3.63, 3.8) is 0 Å². The smallest absolute Gasteiger partial charge is 0.348 e. The maximum Gasteiger partial charge on any atom is 0.348 e. The summed E-state index contributed by atoms with van der Waals surface area (Å²) in [5.74, 6) is -0.369. The SMILES string of the molecule is COCCNc1cc(C(=O)OC)sc1N. The summed E-state index contributed by atoms with van der Waals surface area (Å²) in [6.07, 6.45) is 0. The highest BCUT2D eigenvalue weighted by Gasteiger charge is 2.12. The Labute approximate surface area is 92.2 Å². The number of thiophene rings is 1. The van der Waals surface area contributed by atoms with Crippen molar-refractivity contribution < 1.29 is 14.3 Å². The largest absolute Gasteiger partial charge is 0.465 e. The van der Waals surface area contributed by atoms with E-state index in [0.717, 1.165) is 5.69 Å². The second-order valence-electron chi connectivity index (χ2n) is 2.80. The molecule has 1 aromatic heterocycles. The van der Waals surface area contributed by atoms with E-state index >= 15 is 0 Å². The lowest BCUT2D eigenvalue weighted by atomic mass is 10.4. The van der Waals surface area contributed by atoms with E-state index in [0.29, 0.717) is 23.0 Å². The number of nitrogens with two attached hydrogens (primary N) is 1. The highest BCUT2D eigenvalue weighted by atomic mass is 32.1. The third-order valence-electron chi connectivity index (χ3n) is 1.77. The van der Waals surface area contributed by atoms with Crippen LogP contribution in [0.5, 0.6) is 0 Å². The first-order valence-electron chi connectivity index (χ1n) is 4.39. The van der Waals surface area contributed by atoms with Gasteiger partial charge < -0.3 is 20.5 Å². The highest BCUT2D eigenvalue weighted by molar-refractivity contribution is 7.18. The lowest BCUT2D eigenvalue weighted by Gasteiger charge is -2.03. The van der Waals surface area contributed by atoms with Gasteiger partial charge in [0.15, 0.2) is 0 Å². The van der Waals surface area contributed by atoms with Gasteiger partial charge in [0, 0.05) is 13.7 Å². The predicted octanol–water partition coefficient (Wildman–Crippen LogP) is 1.18. The van der Waals surface area contributed by atoms with Gasteiger partial charge in [-0.1, -0.05) is 0 Å². The molecule has 15 heavy (non-hydrogen) atoms. The van der Waals surface area contributed by atoms with Gasteiger partial charge in [0.25, 0.3) is 0 Å². The minimum Gasteiger partial charge on any atom is -0.465 e. The molecule has 0 atom stereocenters. The zero-order chi connectivity index (χ0) is 11.3. The number of carbonyl (C=O) groups is 1. The lowest BCUT2D eigenvalue weighted by molar-refractivity contribution is 0.0606. The molecule has 1 rings (SSSR count). The third kappa shape index (κ3) is 3.10. The minimum atomic E-state index is -0.369. The van der Waals surface area contributed by atoms with Gasteiger partial charge in [0.2, 0.25) is 0 Å². The number of methoxy groups -OCH3 is 2. The molecule has 0 amide bonds. The van der Waals surface area contributed by atoms with Crippen LogP contribution in [0.3, 0.4) is 0 Å². The molecule has 1 heterocycles. The van der Waals surface area contributed by atoms with Gasteiger partial charge in [0.05, 0.1) is 19.4 Å². The molecular formula is C9H14N2O3S. The Morgan fingerprint density at radius 1 is 1.60 bits per heavy atom. The zero-order valence-corrected chi connectivity index (χ0v) is 9.52. The summed E-state index contributed by atoms with van der Waals surface area (Å²) in [6.45, 7) is 1.24. The molecule has 0 aliphatic carbocycles. The van der Waals surface area contributed by atoms with Crippen LogP contribution in [0.1, 0.15) is 9.67 Å². The first kappa shape index (κ1) is 11.8. The molecule has 1 aromatic rings. The van der Waals surface area contributed by atoms with E-state index in [4.69, 9.17) is 10.5 Å². The normalized spacial score (nSPS) is 10.0. The maximum atomic E-state index is 11.2. The second kappa shape index (κ2) is 5.57. The van der Waals surface area contributed by atoms with Crippen molar-refractivity contribution >= 4 is 28.0 Å². The van der Waals surface area contributed by atoms with Gasteiger partial charge in [0.1, 0.15) is 9.88 Å². The van der Waals surface area contributed by atoms with Crippen LogP contribution in [0.2, 0.25) is 0 Å². The molecule has 3 N–H and O–H groups in total. The predicted molar refractivity (Wildman–Crippen MR) is 60.4 cm³/mol. The molecular weight excluding hydrogens is 216 g/mol. The Kier molecular flexibility index (Phi) is 4.38. The highest BCUT2D eigenvalue weighted by Crippen LogP contribution is 2.29. The fourth-order valence-electron chi connectivity index (χ4n) is 1.03. The molecule has 0 saturated heterocycles. The maximum absolute atomic E-state index is 11.2. The topological polar surface area (TPSA) is 73.6 Å². The molecule has 0 fully saturated rings. The number of rotatable bonds is 5. The van der Waals surface area contributed by atoms with Crippen LogP contribution in [-0.2, 0) is 9.47 Å². The summed E-state index contributed by atoms with van der Waals surface area (Å²) in [5.41, 5.74) is 6.47. The van der Waals surface area contributed by atoms with E-state index in [1.165, 1.54) is 18.4 Å². The van der Waals surface area contributed by atoms with Gasteiger partial charge in [-0.25, -0.2) is 4.79 Å². The quantitative estimate of drug-likeness (QED) is 0.587. The van der Waals surface area contributed by atoms with E-state index in [-0.39, 0.29) is 5.97 Å². The summed E-state index contributed by atoms with van der Waals surface area (Å²) in [6, 6.07) is 1.68. The second-order valence-corrected chi connectivity index (χ2v) is 3.88. The van der Waals surface area contributed by atoms with Crippen LogP contribution < -0.4 is 11.1 Å². The summed E-state index contributed by atoms with van der Waals surface area (Å²) in [5, 5.41) is 3.64. The van der Waals surface area contributed by atoms with Crippen molar-refractivity contribution in [1.82, 2.24) is 0 Å². The van der Waals surface area contributed by atoms with Gasteiger partial charge in [-0.2, -0.15) is 0 Å². The van der Waals surface area contributed by atoms with Crippen LogP contribution in [0, 0.1) is 0 Å². The van der Waals surface area contributed by atoms with E-state index in [9.17, 15) is 4.79 Å². The summed E-state index contributed by atoms with van der Waals surface area (Å²) < 4.78 is 9.48. The van der Waals surface area contributed by atoms with Gasteiger partial charge in [-0.15, -0.1) is 11.3 Å². The Morgan fingerprint density at radius 3 is 2.93 bits per heavy atom. The fourth-order valence-corrected chi connectivity index (χ4v) is 1.85. The first-order valence-corrected chi connectivity index (χ1v) is 5.21. The van der Waals surface area contributed by atoms with Gasteiger partial charge >= 0.3 is 5.97 Å². The van der Waals surface area contributed by atoms with Crippen molar-refractivity contribution in [1.29, 1.82) is 0 Å². The number of ether oxygens (including phenoxy) is 2. The molecule has 0 unspecified atom stereocenters. The van der Waals surface area contributed by atoms with Crippen molar-refractivity contribution in [3.8, 4) is 0 Å². The van der Waals surface area contributed by atoms with E-state index in [1.54, 1.807) is 13.2 Å². The van der Waals surface area contributed by atoms with Crippen LogP contribution >= 0.6 is 11.3 Å². The summed E-state index contributed by atoms with van der Waals surface area (Å²) in [4.78, 5) is 11.7. The summed E-state index contributed by atoms with van der Waals surface area (Å²) in [7, 11) is 2.97. The minimum absolute atomic E-state index is 0.369. The van der Waals surface area contributed by atoms with Crippen LogP contribution in [0.25, 0.3) is 0 Å². The van der Waals surface area contributed by atoms with Crippen molar-refractivity contribution in [2.45, 2.75) is 0 Å². The Balaban J connectivity index is 2.64. The third-order valence-corrected chi connectivity index (χ3v) is 2.71. The van der Waals surface area contributed by atoms with Crippen LogP contribution in [0.15, 0.2) is 6.07 Å². The van der Waals surface area contributed by atoms with Gasteiger partial charge in [-0.3, -0.25) is 0 Å². The first-order chi connectivity index (χ1) is 7.19. The molecule has 6 heteroatoms.